The third-order valence-corrected chi connectivity index (χ3v) is 4.05. The number of pyridine rings is 1. The van der Waals surface area contributed by atoms with Crippen LogP contribution < -0.4 is 0 Å². The molecule has 0 atom stereocenters. The minimum Gasteiger partial charge on any atom is -0.478 e. The van der Waals surface area contributed by atoms with Crippen molar-refractivity contribution in [3.63, 3.8) is 0 Å². The molecule has 3 rings (SSSR count). The molecule has 0 aliphatic carbocycles. The number of hydrogen-bond acceptors (Lipinski definition) is 2. The lowest BCUT2D eigenvalue weighted by Gasteiger charge is -2.10. The zero-order valence-corrected chi connectivity index (χ0v) is 13.7. The van der Waals surface area contributed by atoms with E-state index in [0.29, 0.717) is 16.3 Å². The van der Waals surface area contributed by atoms with Gasteiger partial charge in [-0.2, -0.15) is 13.2 Å². The molecule has 4 nitrogen and oxygen atoms in total. The van der Waals surface area contributed by atoms with Gasteiger partial charge in [-0.25, -0.2) is 9.78 Å². The smallest absolute Gasteiger partial charge is 0.435 e. The number of aryl methyl sites for hydroxylation is 1. The van der Waals surface area contributed by atoms with Crippen LogP contribution in [0, 0.1) is 6.92 Å². The molecule has 2 aromatic heterocycles. The Balaban J connectivity index is 2.23. The number of hydrogen-bond donors (Lipinski definition) is 1. The molecule has 130 valence electrons. The van der Waals surface area contributed by atoms with Crippen molar-refractivity contribution < 1.29 is 23.1 Å². The lowest BCUT2D eigenvalue weighted by molar-refractivity contribution is -0.141. The third-order valence-electron chi connectivity index (χ3n) is 3.80. The van der Waals surface area contributed by atoms with E-state index in [2.05, 4.69) is 4.98 Å². The maximum absolute atomic E-state index is 13.4. The Morgan fingerprint density at radius 1 is 1.24 bits per heavy atom. The SMILES string of the molecule is Cc1cc(C(=O)O)cc2nc(C(F)(F)F)c(Cc3ccc(Cl)cc3)n12. The second-order valence-electron chi connectivity index (χ2n) is 5.59. The summed E-state index contributed by atoms with van der Waals surface area (Å²) in [7, 11) is 0. The summed E-state index contributed by atoms with van der Waals surface area (Å²) in [6.45, 7) is 1.55. The van der Waals surface area contributed by atoms with Crippen LogP contribution in [0.1, 0.15) is 33.0 Å². The van der Waals surface area contributed by atoms with Gasteiger partial charge >= 0.3 is 12.1 Å². The third kappa shape index (κ3) is 3.32. The van der Waals surface area contributed by atoms with Gasteiger partial charge in [-0.3, -0.25) is 0 Å². The van der Waals surface area contributed by atoms with Crippen molar-refractivity contribution in [2.45, 2.75) is 19.5 Å². The van der Waals surface area contributed by atoms with Crippen LogP contribution in [0.15, 0.2) is 36.4 Å². The maximum Gasteiger partial charge on any atom is 0.435 e. The number of carboxylic acids is 1. The minimum absolute atomic E-state index is 0.0135. The summed E-state index contributed by atoms with van der Waals surface area (Å²) in [6, 6.07) is 8.94. The van der Waals surface area contributed by atoms with E-state index in [9.17, 15) is 18.0 Å². The molecule has 1 N–H and O–H groups in total. The van der Waals surface area contributed by atoms with Gasteiger partial charge in [0.05, 0.1) is 11.3 Å². The molecule has 0 bridgehead atoms. The predicted octanol–water partition coefficient (Wildman–Crippen LogP) is 4.60. The zero-order chi connectivity index (χ0) is 18.4. The zero-order valence-electron chi connectivity index (χ0n) is 12.9. The average molecular weight is 369 g/mol. The van der Waals surface area contributed by atoms with Gasteiger partial charge in [0, 0.05) is 17.1 Å². The largest absolute Gasteiger partial charge is 0.478 e. The standard InChI is InChI=1S/C17H12ClF3N2O2/c1-9-6-11(16(24)25)8-14-22-15(17(19,20)21)13(23(9)14)7-10-2-4-12(18)5-3-10/h2-6,8H,7H2,1H3,(H,24,25). The van der Waals surface area contributed by atoms with Crippen LogP contribution >= 0.6 is 11.6 Å². The van der Waals surface area contributed by atoms with Gasteiger partial charge in [-0.05, 0) is 36.8 Å². The first-order chi connectivity index (χ1) is 11.7. The van der Waals surface area contributed by atoms with Crippen molar-refractivity contribution in [3.05, 3.63) is 69.6 Å². The number of imidazole rings is 1. The van der Waals surface area contributed by atoms with Crippen molar-refractivity contribution >= 4 is 23.2 Å². The fourth-order valence-electron chi connectivity index (χ4n) is 2.74. The summed E-state index contributed by atoms with van der Waals surface area (Å²) in [4.78, 5) is 14.8. The summed E-state index contributed by atoms with van der Waals surface area (Å²) >= 11 is 5.81. The molecular weight excluding hydrogens is 357 g/mol. The van der Waals surface area contributed by atoms with Gasteiger partial charge in [-0.15, -0.1) is 0 Å². The van der Waals surface area contributed by atoms with E-state index in [1.807, 2.05) is 0 Å². The molecule has 0 amide bonds. The highest BCUT2D eigenvalue weighted by Crippen LogP contribution is 2.34. The van der Waals surface area contributed by atoms with Crippen molar-refractivity contribution in [1.82, 2.24) is 9.38 Å². The number of alkyl halides is 3. The second kappa shape index (κ2) is 6.07. The number of fused-ring (bicyclic) bond motifs is 1. The average Bonchev–Trinajstić information content (AvgIpc) is 2.89. The Kier molecular flexibility index (Phi) is 4.20. The number of aromatic carboxylic acids is 1. The van der Waals surface area contributed by atoms with Crippen LogP contribution in [0.5, 0.6) is 0 Å². The van der Waals surface area contributed by atoms with Crippen molar-refractivity contribution in [2.75, 3.05) is 0 Å². The lowest BCUT2D eigenvalue weighted by Crippen LogP contribution is -2.11. The summed E-state index contributed by atoms with van der Waals surface area (Å²) in [5, 5.41) is 9.58. The number of aromatic nitrogens is 2. The van der Waals surface area contributed by atoms with Gasteiger partial charge in [0.15, 0.2) is 5.69 Å². The first-order valence-corrected chi connectivity index (χ1v) is 7.61. The number of benzene rings is 1. The van der Waals surface area contributed by atoms with Crippen LogP contribution in [0.25, 0.3) is 5.65 Å². The molecule has 0 saturated carbocycles. The number of halogens is 4. The van der Waals surface area contributed by atoms with Gasteiger partial charge < -0.3 is 9.51 Å². The minimum atomic E-state index is -4.65. The van der Waals surface area contributed by atoms with E-state index in [-0.39, 0.29) is 23.3 Å². The Hall–Kier alpha value is -2.54. The Bertz CT molecular complexity index is 963. The Morgan fingerprint density at radius 2 is 1.88 bits per heavy atom. The Morgan fingerprint density at radius 3 is 2.44 bits per heavy atom. The first-order valence-electron chi connectivity index (χ1n) is 7.23. The van der Waals surface area contributed by atoms with Crippen LogP contribution in [-0.2, 0) is 12.6 Å². The molecular formula is C17H12ClF3N2O2. The van der Waals surface area contributed by atoms with E-state index < -0.39 is 17.8 Å². The van der Waals surface area contributed by atoms with Gasteiger partial charge in [-0.1, -0.05) is 23.7 Å². The van der Waals surface area contributed by atoms with E-state index in [1.54, 1.807) is 31.2 Å². The molecule has 1 aromatic carbocycles. The van der Waals surface area contributed by atoms with Gasteiger partial charge in [0.2, 0.25) is 0 Å². The fraction of sp³-hybridized carbons (Fsp3) is 0.176. The topological polar surface area (TPSA) is 54.6 Å². The molecule has 0 aliphatic heterocycles. The normalized spacial score (nSPS) is 11.9. The van der Waals surface area contributed by atoms with Crippen LogP contribution in [0.4, 0.5) is 13.2 Å². The van der Waals surface area contributed by atoms with Gasteiger partial charge in [0.25, 0.3) is 0 Å². The summed E-state index contributed by atoms with van der Waals surface area (Å²) in [5.41, 5.74) is -0.219. The highest BCUT2D eigenvalue weighted by Gasteiger charge is 2.38. The molecule has 25 heavy (non-hydrogen) atoms. The molecule has 0 spiro atoms. The molecule has 0 saturated heterocycles. The Labute approximate surface area is 145 Å². The summed E-state index contributed by atoms with van der Waals surface area (Å²) in [6.07, 6.45) is -4.66. The molecule has 0 radical (unpaired) electrons. The molecule has 8 heteroatoms. The number of rotatable bonds is 3. The number of carbonyl (C=O) groups is 1. The van der Waals surface area contributed by atoms with Crippen LogP contribution in [-0.4, -0.2) is 20.5 Å². The molecule has 0 unspecified atom stereocenters. The molecule has 2 heterocycles. The van der Waals surface area contributed by atoms with Crippen LogP contribution in [0.2, 0.25) is 5.02 Å². The second-order valence-corrected chi connectivity index (χ2v) is 6.03. The van der Waals surface area contributed by atoms with Crippen molar-refractivity contribution in [2.24, 2.45) is 0 Å². The molecule has 0 aliphatic rings. The van der Waals surface area contributed by atoms with E-state index >= 15 is 0 Å². The van der Waals surface area contributed by atoms with Crippen molar-refractivity contribution in [3.8, 4) is 0 Å². The highest BCUT2D eigenvalue weighted by molar-refractivity contribution is 6.30. The summed E-state index contributed by atoms with van der Waals surface area (Å²) < 4.78 is 41.6. The predicted molar refractivity (Wildman–Crippen MR) is 86.1 cm³/mol. The van der Waals surface area contributed by atoms with Gasteiger partial charge in [0.1, 0.15) is 5.65 Å². The van der Waals surface area contributed by atoms with E-state index in [1.165, 1.54) is 10.5 Å². The monoisotopic (exact) mass is 368 g/mol. The number of carboxylic acid groups (broad SMARTS) is 1. The number of nitrogens with zero attached hydrogens (tertiary/aromatic N) is 2. The van der Waals surface area contributed by atoms with Crippen molar-refractivity contribution in [1.29, 1.82) is 0 Å². The quantitative estimate of drug-likeness (QED) is 0.734. The molecule has 0 fully saturated rings. The van der Waals surface area contributed by atoms with E-state index in [4.69, 9.17) is 16.7 Å². The van der Waals surface area contributed by atoms with Crippen LogP contribution in [0.3, 0.4) is 0 Å². The van der Waals surface area contributed by atoms with E-state index in [0.717, 1.165) is 6.07 Å². The first kappa shape index (κ1) is 17.3. The molecule has 3 aromatic rings. The lowest BCUT2D eigenvalue weighted by atomic mass is 10.1. The highest BCUT2D eigenvalue weighted by atomic mass is 35.5. The maximum atomic E-state index is 13.4. The fourth-order valence-corrected chi connectivity index (χ4v) is 2.87. The summed E-state index contributed by atoms with van der Waals surface area (Å²) in [5.74, 6) is -1.22.